The molecular formula is C35H30O5. The molecule has 0 fully saturated rings. The standard InChI is InChI=1S/C35H30O5/c1-23-20-28(12-18-34(23)37-4)26-8-14-30(15-9-26)39-32-6-5-7-33(22-32)40-31-16-10-27(11-17-31)29-13-19-35(24(2)21-29)38-25(3)36/h5-22H,1-4H3. The molecule has 0 saturated carbocycles. The van der Waals surface area contributed by atoms with Crippen LogP contribution in [0.1, 0.15) is 18.1 Å². The lowest BCUT2D eigenvalue weighted by molar-refractivity contribution is -0.131. The molecule has 5 aromatic rings. The van der Waals surface area contributed by atoms with Gasteiger partial charge in [0.2, 0.25) is 0 Å². The van der Waals surface area contributed by atoms with Gasteiger partial charge in [-0.3, -0.25) is 4.79 Å². The van der Waals surface area contributed by atoms with E-state index in [1.807, 2.05) is 111 Å². The summed E-state index contributed by atoms with van der Waals surface area (Å²) in [5.41, 5.74) is 6.29. The molecule has 0 N–H and O–H groups in total. The van der Waals surface area contributed by atoms with Crippen LogP contribution in [0.3, 0.4) is 0 Å². The molecule has 5 rings (SSSR count). The summed E-state index contributed by atoms with van der Waals surface area (Å²) in [5.74, 6) is 3.94. The van der Waals surface area contributed by atoms with Gasteiger partial charge in [-0.15, -0.1) is 0 Å². The van der Waals surface area contributed by atoms with Crippen molar-refractivity contribution in [2.75, 3.05) is 7.11 Å². The predicted octanol–water partition coefficient (Wildman–Crippen LogP) is 9.16. The molecule has 0 aliphatic heterocycles. The second-order valence-electron chi connectivity index (χ2n) is 9.49. The smallest absolute Gasteiger partial charge is 0.308 e. The molecule has 0 atom stereocenters. The maximum atomic E-state index is 11.3. The van der Waals surface area contributed by atoms with Crippen LogP contribution in [0.2, 0.25) is 0 Å². The molecule has 0 saturated heterocycles. The average Bonchev–Trinajstić information content (AvgIpc) is 2.95. The molecule has 0 unspecified atom stereocenters. The van der Waals surface area contributed by atoms with Gasteiger partial charge in [-0.2, -0.15) is 0 Å². The summed E-state index contributed by atoms with van der Waals surface area (Å²) in [7, 11) is 1.68. The number of hydrogen-bond acceptors (Lipinski definition) is 5. The van der Waals surface area contributed by atoms with Crippen molar-refractivity contribution in [3.8, 4) is 56.8 Å². The molecule has 0 radical (unpaired) electrons. The van der Waals surface area contributed by atoms with E-state index in [9.17, 15) is 4.79 Å². The van der Waals surface area contributed by atoms with E-state index < -0.39 is 0 Å². The fraction of sp³-hybridized carbons (Fsp3) is 0.114. The third kappa shape index (κ3) is 6.33. The van der Waals surface area contributed by atoms with Crippen LogP contribution in [0.25, 0.3) is 22.3 Å². The lowest BCUT2D eigenvalue weighted by atomic mass is 10.0. The normalized spacial score (nSPS) is 10.6. The Labute approximate surface area is 234 Å². The van der Waals surface area contributed by atoms with Gasteiger partial charge in [0.15, 0.2) is 0 Å². The molecular weight excluding hydrogens is 500 g/mol. The number of benzene rings is 5. The number of aryl methyl sites for hydroxylation is 2. The van der Waals surface area contributed by atoms with Gasteiger partial charge in [0.1, 0.15) is 34.5 Å². The Balaban J connectivity index is 1.24. The summed E-state index contributed by atoms with van der Waals surface area (Å²) in [6, 6.07) is 35.3. The molecule has 0 aromatic heterocycles. The van der Waals surface area contributed by atoms with Gasteiger partial charge in [0.05, 0.1) is 7.11 Å². The lowest BCUT2D eigenvalue weighted by Crippen LogP contribution is -2.02. The molecule has 40 heavy (non-hydrogen) atoms. The third-order valence-electron chi connectivity index (χ3n) is 6.48. The number of esters is 1. The first-order chi connectivity index (χ1) is 19.4. The monoisotopic (exact) mass is 530 g/mol. The third-order valence-corrected chi connectivity index (χ3v) is 6.48. The highest BCUT2D eigenvalue weighted by molar-refractivity contribution is 5.72. The van der Waals surface area contributed by atoms with Crippen molar-refractivity contribution in [1.29, 1.82) is 0 Å². The Bertz CT molecular complexity index is 1640. The summed E-state index contributed by atoms with van der Waals surface area (Å²) in [5, 5.41) is 0. The van der Waals surface area contributed by atoms with Crippen LogP contribution in [-0.2, 0) is 4.79 Å². The summed E-state index contributed by atoms with van der Waals surface area (Å²) >= 11 is 0. The van der Waals surface area contributed by atoms with Crippen LogP contribution in [-0.4, -0.2) is 13.1 Å². The van der Waals surface area contributed by atoms with Gasteiger partial charge in [0, 0.05) is 13.0 Å². The van der Waals surface area contributed by atoms with Gasteiger partial charge in [-0.25, -0.2) is 0 Å². The van der Waals surface area contributed by atoms with Crippen molar-refractivity contribution < 1.29 is 23.7 Å². The van der Waals surface area contributed by atoms with Gasteiger partial charge in [-0.05, 0) is 108 Å². The minimum atomic E-state index is -0.329. The average molecular weight is 531 g/mol. The van der Waals surface area contributed by atoms with Crippen LogP contribution >= 0.6 is 0 Å². The van der Waals surface area contributed by atoms with E-state index in [-0.39, 0.29) is 5.97 Å². The van der Waals surface area contributed by atoms with Gasteiger partial charge < -0.3 is 18.9 Å². The first-order valence-corrected chi connectivity index (χ1v) is 13.0. The molecule has 5 aromatic carbocycles. The molecule has 0 amide bonds. The van der Waals surface area contributed by atoms with E-state index in [1.54, 1.807) is 7.11 Å². The fourth-order valence-corrected chi connectivity index (χ4v) is 4.46. The minimum absolute atomic E-state index is 0.329. The summed E-state index contributed by atoms with van der Waals surface area (Å²) in [4.78, 5) is 11.3. The molecule has 0 aliphatic carbocycles. The number of methoxy groups -OCH3 is 1. The van der Waals surface area contributed by atoms with Crippen molar-refractivity contribution in [3.05, 3.63) is 120 Å². The zero-order valence-electron chi connectivity index (χ0n) is 22.9. The molecule has 0 spiro atoms. The maximum Gasteiger partial charge on any atom is 0.308 e. The molecule has 0 bridgehead atoms. The van der Waals surface area contributed by atoms with E-state index >= 15 is 0 Å². The van der Waals surface area contributed by atoms with Crippen molar-refractivity contribution in [3.63, 3.8) is 0 Å². The molecule has 5 heteroatoms. The summed E-state index contributed by atoms with van der Waals surface area (Å²) < 4.78 is 22.8. The zero-order valence-corrected chi connectivity index (χ0v) is 22.9. The van der Waals surface area contributed by atoms with Crippen molar-refractivity contribution in [2.45, 2.75) is 20.8 Å². The van der Waals surface area contributed by atoms with E-state index in [2.05, 4.69) is 12.1 Å². The van der Waals surface area contributed by atoms with Gasteiger partial charge in [0.25, 0.3) is 0 Å². The predicted molar refractivity (Wildman–Crippen MR) is 158 cm³/mol. The Hall–Kier alpha value is -5.03. The Morgan fingerprint density at radius 1 is 0.525 bits per heavy atom. The Kier molecular flexibility index (Phi) is 7.83. The van der Waals surface area contributed by atoms with E-state index in [4.69, 9.17) is 18.9 Å². The van der Waals surface area contributed by atoms with Crippen molar-refractivity contribution in [2.24, 2.45) is 0 Å². The maximum absolute atomic E-state index is 11.3. The van der Waals surface area contributed by atoms with E-state index in [0.29, 0.717) is 23.0 Å². The van der Waals surface area contributed by atoms with Gasteiger partial charge >= 0.3 is 5.97 Å². The van der Waals surface area contributed by atoms with Crippen LogP contribution in [0, 0.1) is 13.8 Å². The fourth-order valence-electron chi connectivity index (χ4n) is 4.46. The Morgan fingerprint density at radius 3 is 1.40 bits per heavy atom. The SMILES string of the molecule is COc1ccc(-c2ccc(Oc3cccc(Oc4ccc(-c5ccc(OC(C)=O)c(C)c5)cc4)c3)cc2)cc1C. The number of rotatable bonds is 8. The summed E-state index contributed by atoms with van der Waals surface area (Å²) in [6.07, 6.45) is 0. The van der Waals surface area contributed by atoms with Crippen molar-refractivity contribution >= 4 is 5.97 Å². The van der Waals surface area contributed by atoms with E-state index in [0.717, 1.165) is 44.9 Å². The van der Waals surface area contributed by atoms with Crippen LogP contribution in [0.15, 0.2) is 109 Å². The number of hydrogen-bond donors (Lipinski definition) is 0. The van der Waals surface area contributed by atoms with Gasteiger partial charge in [-0.1, -0.05) is 42.5 Å². The molecule has 200 valence electrons. The highest BCUT2D eigenvalue weighted by Gasteiger charge is 2.08. The summed E-state index contributed by atoms with van der Waals surface area (Å²) in [6.45, 7) is 5.36. The highest BCUT2D eigenvalue weighted by atomic mass is 16.5. The molecule has 0 heterocycles. The molecule has 0 aliphatic rings. The lowest BCUT2D eigenvalue weighted by Gasteiger charge is -2.11. The minimum Gasteiger partial charge on any atom is -0.496 e. The van der Waals surface area contributed by atoms with Crippen LogP contribution in [0.5, 0.6) is 34.5 Å². The second-order valence-corrected chi connectivity index (χ2v) is 9.49. The second kappa shape index (κ2) is 11.8. The molecule has 5 nitrogen and oxygen atoms in total. The zero-order chi connectivity index (χ0) is 28.1. The Morgan fingerprint density at radius 2 is 0.975 bits per heavy atom. The largest absolute Gasteiger partial charge is 0.496 e. The van der Waals surface area contributed by atoms with Crippen LogP contribution in [0.4, 0.5) is 0 Å². The van der Waals surface area contributed by atoms with Crippen LogP contribution < -0.4 is 18.9 Å². The van der Waals surface area contributed by atoms with E-state index in [1.165, 1.54) is 6.92 Å². The number of carbonyl (C=O) groups is 1. The number of carbonyl (C=O) groups excluding carboxylic acids is 1. The quantitative estimate of drug-likeness (QED) is 0.148. The number of ether oxygens (including phenoxy) is 4. The first-order valence-electron chi connectivity index (χ1n) is 13.0. The van der Waals surface area contributed by atoms with Crippen molar-refractivity contribution in [1.82, 2.24) is 0 Å². The topological polar surface area (TPSA) is 54.0 Å². The first kappa shape index (κ1) is 26.6. The highest BCUT2D eigenvalue weighted by Crippen LogP contribution is 2.32.